The lowest BCUT2D eigenvalue weighted by atomic mass is 9.70. The highest BCUT2D eigenvalue weighted by Crippen LogP contribution is 2.49. The number of ether oxygens (including phenoxy) is 2. The van der Waals surface area contributed by atoms with Gasteiger partial charge in [0.2, 0.25) is 0 Å². The highest BCUT2D eigenvalue weighted by molar-refractivity contribution is 5.32. The fourth-order valence-electron chi connectivity index (χ4n) is 3.65. The van der Waals surface area contributed by atoms with E-state index in [1.807, 2.05) is 12.1 Å². The van der Waals surface area contributed by atoms with Gasteiger partial charge in [-0.1, -0.05) is 12.1 Å². The van der Waals surface area contributed by atoms with Crippen molar-refractivity contribution in [2.24, 2.45) is 11.7 Å². The van der Waals surface area contributed by atoms with Gasteiger partial charge in [0.05, 0.1) is 18.3 Å². The van der Waals surface area contributed by atoms with E-state index in [0.29, 0.717) is 0 Å². The third-order valence-corrected chi connectivity index (χ3v) is 4.51. The maximum absolute atomic E-state index is 6.71. The minimum atomic E-state index is -0.427. The summed E-state index contributed by atoms with van der Waals surface area (Å²) >= 11 is 0. The number of nitrogens with two attached hydrogens (primary N) is 1. The number of benzene rings is 1. The Kier molecular flexibility index (Phi) is 3.64. The van der Waals surface area contributed by atoms with Crippen LogP contribution in [0, 0.1) is 5.92 Å². The molecule has 1 aliphatic rings. The van der Waals surface area contributed by atoms with E-state index in [-0.39, 0.29) is 17.1 Å². The summed E-state index contributed by atoms with van der Waals surface area (Å²) in [6.45, 7) is 10.7. The Morgan fingerprint density at radius 1 is 1.20 bits per heavy atom. The Balaban J connectivity index is 2.33. The molecule has 1 aromatic rings. The van der Waals surface area contributed by atoms with E-state index in [0.717, 1.165) is 17.7 Å². The minimum absolute atomic E-state index is 0.124. The molecular weight excluding hydrogens is 250 g/mol. The first-order valence-corrected chi connectivity index (χ1v) is 7.22. The highest BCUT2D eigenvalue weighted by Gasteiger charge is 2.52. The SMILES string of the molecule is COc1ccc(C(C)(N)C2CC(C)(C)OC2(C)C)cc1. The number of methoxy groups -OCH3 is 1. The molecule has 20 heavy (non-hydrogen) atoms. The molecule has 2 rings (SSSR count). The molecule has 0 aromatic heterocycles. The van der Waals surface area contributed by atoms with E-state index in [1.54, 1.807) is 7.11 Å². The van der Waals surface area contributed by atoms with Crippen LogP contribution >= 0.6 is 0 Å². The summed E-state index contributed by atoms with van der Waals surface area (Å²) < 4.78 is 11.4. The smallest absolute Gasteiger partial charge is 0.118 e. The monoisotopic (exact) mass is 277 g/mol. The lowest BCUT2D eigenvalue weighted by molar-refractivity contribution is -0.0814. The van der Waals surface area contributed by atoms with Gasteiger partial charge in [-0.2, -0.15) is 0 Å². The van der Waals surface area contributed by atoms with Crippen LogP contribution in [-0.4, -0.2) is 18.3 Å². The van der Waals surface area contributed by atoms with E-state index >= 15 is 0 Å². The molecule has 2 N–H and O–H groups in total. The van der Waals surface area contributed by atoms with Crippen molar-refractivity contribution < 1.29 is 9.47 Å². The average Bonchev–Trinajstić information content (AvgIpc) is 2.58. The molecule has 0 amide bonds. The molecule has 2 unspecified atom stereocenters. The zero-order valence-corrected chi connectivity index (χ0v) is 13.5. The molecular formula is C17H27NO2. The van der Waals surface area contributed by atoms with Crippen molar-refractivity contribution in [3.05, 3.63) is 29.8 Å². The lowest BCUT2D eigenvalue weighted by Crippen LogP contribution is -2.48. The zero-order valence-electron chi connectivity index (χ0n) is 13.5. The van der Waals surface area contributed by atoms with Crippen LogP contribution < -0.4 is 10.5 Å². The first-order valence-electron chi connectivity index (χ1n) is 7.22. The Morgan fingerprint density at radius 2 is 1.75 bits per heavy atom. The molecule has 3 nitrogen and oxygen atoms in total. The second kappa shape index (κ2) is 4.74. The Hall–Kier alpha value is -1.06. The summed E-state index contributed by atoms with van der Waals surface area (Å²) in [6.07, 6.45) is 0.957. The molecule has 3 heteroatoms. The highest BCUT2D eigenvalue weighted by atomic mass is 16.5. The summed E-state index contributed by atoms with van der Waals surface area (Å²) in [5.41, 5.74) is 7.05. The van der Waals surface area contributed by atoms with Gasteiger partial charge in [-0.3, -0.25) is 0 Å². The molecule has 2 atom stereocenters. The largest absolute Gasteiger partial charge is 0.497 e. The Bertz CT molecular complexity index is 474. The van der Waals surface area contributed by atoms with E-state index in [1.165, 1.54) is 0 Å². The molecule has 0 bridgehead atoms. The van der Waals surface area contributed by atoms with Gasteiger partial charge >= 0.3 is 0 Å². The van der Waals surface area contributed by atoms with Crippen LogP contribution in [0.2, 0.25) is 0 Å². The van der Waals surface area contributed by atoms with Crippen molar-refractivity contribution in [2.45, 2.75) is 57.8 Å². The molecule has 0 saturated carbocycles. The van der Waals surface area contributed by atoms with Gasteiger partial charge < -0.3 is 15.2 Å². The van der Waals surface area contributed by atoms with Crippen molar-refractivity contribution in [2.75, 3.05) is 7.11 Å². The molecule has 1 aliphatic heterocycles. The van der Waals surface area contributed by atoms with Gasteiger partial charge in [0.25, 0.3) is 0 Å². The quantitative estimate of drug-likeness (QED) is 0.920. The van der Waals surface area contributed by atoms with Crippen LogP contribution in [0.15, 0.2) is 24.3 Å². The summed E-state index contributed by atoms with van der Waals surface area (Å²) in [7, 11) is 1.67. The van der Waals surface area contributed by atoms with E-state index in [9.17, 15) is 0 Å². The predicted octanol–water partition coefficient (Wildman–Crippen LogP) is 3.46. The molecule has 0 aliphatic carbocycles. The van der Waals surface area contributed by atoms with E-state index < -0.39 is 5.54 Å². The first-order chi connectivity index (χ1) is 9.08. The molecule has 1 saturated heterocycles. The van der Waals surface area contributed by atoms with Gasteiger partial charge in [0, 0.05) is 11.5 Å². The van der Waals surface area contributed by atoms with Gasteiger partial charge in [-0.05, 0) is 58.7 Å². The summed E-state index contributed by atoms with van der Waals surface area (Å²) in [5.74, 6) is 1.12. The van der Waals surface area contributed by atoms with Crippen LogP contribution in [0.4, 0.5) is 0 Å². The van der Waals surface area contributed by atoms with Crippen LogP contribution in [0.5, 0.6) is 5.75 Å². The van der Waals surface area contributed by atoms with Crippen LogP contribution in [-0.2, 0) is 10.3 Å². The molecule has 1 fully saturated rings. The topological polar surface area (TPSA) is 44.5 Å². The van der Waals surface area contributed by atoms with E-state index in [4.69, 9.17) is 15.2 Å². The third kappa shape index (κ3) is 2.70. The van der Waals surface area contributed by atoms with Crippen molar-refractivity contribution >= 4 is 0 Å². The fraction of sp³-hybridized carbons (Fsp3) is 0.647. The Morgan fingerprint density at radius 3 is 2.15 bits per heavy atom. The average molecular weight is 277 g/mol. The summed E-state index contributed by atoms with van der Waals surface area (Å²) in [4.78, 5) is 0. The summed E-state index contributed by atoms with van der Waals surface area (Å²) in [5, 5.41) is 0. The summed E-state index contributed by atoms with van der Waals surface area (Å²) in [6, 6.07) is 8.04. The minimum Gasteiger partial charge on any atom is -0.497 e. The maximum atomic E-state index is 6.71. The molecule has 0 radical (unpaired) electrons. The number of rotatable bonds is 3. The standard InChI is InChI=1S/C17H27NO2/c1-15(2)11-14(16(3,4)20-15)17(5,18)12-7-9-13(19-6)10-8-12/h7-10,14H,11,18H2,1-6H3. The molecule has 1 aromatic carbocycles. The van der Waals surface area contributed by atoms with Crippen molar-refractivity contribution in [1.82, 2.24) is 0 Å². The fourth-order valence-corrected chi connectivity index (χ4v) is 3.65. The number of hydrogen-bond donors (Lipinski definition) is 1. The van der Waals surface area contributed by atoms with E-state index in [2.05, 4.69) is 46.8 Å². The van der Waals surface area contributed by atoms with Crippen LogP contribution in [0.25, 0.3) is 0 Å². The van der Waals surface area contributed by atoms with Gasteiger partial charge in [-0.25, -0.2) is 0 Å². The normalized spacial score (nSPS) is 27.1. The second-order valence-electron chi connectivity index (χ2n) is 7.23. The van der Waals surface area contributed by atoms with Crippen molar-refractivity contribution in [3.63, 3.8) is 0 Å². The van der Waals surface area contributed by atoms with Gasteiger partial charge in [0.1, 0.15) is 5.75 Å². The van der Waals surface area contributed by atoms with Crippen molar-refractivity contribution in [1.29, 1.82) is 0 Å². The predicted molar refractivity (Wildman–Crippen MR) is 81.9 cm³/mol. The molecule has 112 valence electrons. The first kappa shape index (κ1) is 15.3. The van der Waals surface area contributed by atoms with Crippen LogP contribution in [0.1, 0.15) is 46.6 Å². The molecule has 1 heterocycles. The Labute approximate surface area is 122 Å². The number of hydrogen-bond acceptors (Lipinski definition) is 3. The van der Waals surface area contributed by atoms with Crippen molar-refractivity contribution in [3.8, 4) is 5.75 Å². The molecule has 0 spiro atoms. The van der Waals surface area contributed by atoms with Crippen LogP contribution in [0.3, 0.4) is 0 Å². The third-order valence-electron chi connectivity index (χ3n) is 4.51. The second-order valence-corrected chi connectivity index (χ2v) is 7.23. The van der Waals surface area contributed by atoms with Gasteiger partial charge in [-0.15, -0.1) is 0 Å². The zero-order chi connectivity index (χ0) is 15.2. The lowest BCUT2D eigenvalue weighted by Gasteiger charge is -2.39. The van der Waals surface area contributed by atoms with Gasteiger partial charge in [0.15, 0.2) is 0 Å². The maximum Gasteiger partial charge on any atom is 0.118 e.